The summed E-state index contributed by atoms with van der Waals surface area (Å²) in [7, 11) is 0. The first-order valence-electron chi connectivity index (χ1n) is 10.6. The molecule has 0 bridgehead atoms. The van der Waals surface area contributed by atoms with Crippen molar-refractivity contribution < 1.29 is 19.8 Å². The third-order valence-corrected chi connectivity index (χ3v) is 5.81. The van der Waals surface area contributed by atoms with Crippen LogP contribution in [0.5, 0.6) is 0 Å². The number of Topliss-reactive ketones (excluding diaryl/α,β-unsaturated/α-hetero) is 1. The maximum atomic E-state index is 12.2. The molecule has 2 unspecified atom stereocenters. The first-order chi connectivity index (χ1) is 12.5. The molecule has 4 atom stereocenters. The summed E-state index contributed by atoms with van der Waals surface area (Å²) in [4.78, 5) is 23.0. The van der Waals surface area contributed by atoms with E-state index in [0.29, 0.717) is 24.5 Å². The largest absolute Gasteiger partial charge is 0.479 e. The van der Waals surface area contributed by atoms with Crippen LogP contribution in [0.3, 0.4) is 0 Å². The van der Waals surface area contributed by atoms with Crippen LogP contribution < -0.4 is 0 Å². The van der Waals surface area contributed by atoms with E-state index in [0.717, 1.165) is 38.5 Å². The minimum Gasteiger partial charge on any atom is -0.479 e. The van der Waals surface area contributed by atoms with E-state index in [4.69, 9.17) is 5.11 Å². The van der Waals surface area contributed by atoms with E-state index in [-0.39, 0.29) is 11.8 Å². The Morgan fingerprint density at radius 1 is 1.23 bits per heavy atom. The number of carboxylic acid groups (broad SMARTS) is 1. The molecule has 0 amide bonds. The molecule has 1 fully saturated rings. The van der Waals surface area contributed by atoms with Crippen molar-refractivity contribution in [3.8, 4) is 0 Å². The Morgan fingerprint density at radius 3 is 2.65 bits per heavy atom. The number of hydrogen-bond donors (Lipinski definition) is 2. The average molecular weight is 367 g/mol. The Balaban J connectivity index is 2.36. The summed E-state index contributed by atoms with van der Waals surface area (Å²) < 4.78 is 0. The highest BCUT2D eigenvalue weighted by molar-refractivity contribution is 5.83. The van der Waals surface area contributed by atoms with Crippen LogP contribution in [0.4, 0.5) is 0 Å². The van der Waals surface area contributed by atoms with Gasteiger partial charge in [-0.25, -0.2) is 4.79 Å². The maximum Gasteiger partial charge on any atom is 0.332 e. The van der Waals surface area contributed by atoms with Crippen molar-refractivity contribution in [2.75, 3.05) is 0 Å². The fourth-order valence-corrected chi connectivity index (χ4v) is 4.03. The highest BCUT2D eigenvalue weighted by atomic mass is 16.4. The van der Waals surface area contributed by atoms with Crippen molar-refractivity contribution in [2.24, 2.45) is 17.8 Å². The lowest BCUT2D eigenvalue weighted by Gasteiger charge is -2.19. The molecule has 4 nitrogen and oxygen atoms in total. The molecule has 0 spiro atoms. The van der Waals surface area contributed by atoms with Gasteiger partial charge in [-0.3, -0.25) is 4.79 Å². The zero-order chi connectivity index (χ0) is 19.4. The van der Waals surface area contributed by atoms with Crippen molar-refractivity contribution in [1.29, 1.82) is 0 Å². The van der Waals surface area contributed by atoms with E-state index in [1.807, 2.05) is 6.92 Å². The van der Waals surface area contributed by atoms with Crippen LogP contribution in [-0.4, -0.2) is 28.1 Å². The van der Waals surface area contributed by atoms with E-state index >= 15 is 0 Å². The SMILES string of the molecule is CCCCCCC=C[C@H]1CCC(=O)[C@@H]1CCCC(CC)CC(O)C(=O)O. The van der Waals surface area contributed by atoms with E-state index in [1.54, 1.807) is 0 Å². The molecular formula is C22H38O4. The lowest BCUT2D eigenvalue weighted by molar-refractivity contribution is -0.147. The Kier molecular flexibility index (Phi) is 11.5. The average Bonchev–Trinajstić information content (AvgIpc) is 2.97. The molecule has 0 radical (unpaired) electrons. The molecule has 2 N–H and O–H groups in total. The van der Waals surface area contributed by atoms with Gasteiger partial charge in [0.25, 0.3) is 0 Å². The predicted octanol–water partition coefficient (Wildman–Crippen LogP) is 5.14. The van der Waals surface area contributed by atoms with Crippen molar-refractivity contribution in [3.63, 3.8) is 0 Å². The van der Waals surface area contributed by atoms with Gasteiger partial charge < -0.3 is 10.2 Å². The topological polar surface area (TPSA) is 74.6 Å². The molecule has 0 aromatic carbocycles. The summed E-state index contributed by atoms with van der Waals surface area (Å²) in [6.07, 6.45) is 15.0. The molecule has 1 rings (SSSR count). The third-order valence-electron chi connectivity index (χ3n) is 5.81. The summed E-state index contributed by atoms with van der Waals surface area (Å²) in [6.45, 7) is 4.25. The van der Waals surface area contributed by atoms with Crippen LogP contribution in [0, 0.1) is 17.8 Å². The normalized spacial score (nSPS) is 22.8. The number of allylic oxidation sites excluding steroid dienone is 2. The van der Waals surface area contributed by atoms with E-state index in [2.05, 4.69) is 19.1 Å². The van der Waals surface area contributed by atoms with Crippen molar-refractivity contribution in [1.82, 2.24) is 0 Å². The number of ketones is 1. The highest BCUT2D eigenvalue weighted by Gasteiger charge is 2.32. The highest BCUT2D eigenvalue weighted by Crippen LogP contribution is 2.34. The molecule has 4 heteroatoms. The summed E-state index contributed by atoms with van der Waals surface area (Å²) in [6, 6.07) is 0. The standard InChI is InChI=1S/C22H38O4/c1-3-5-6-7-8-9-12-18-14-15-20(23)19(18)13-10-11-17(4-2)16-21(24)22(25)26/h9,12,17-19,21,24H,3-8,10-11,13-16H2,1-2H3,(H,25,26)/t17?,18-,19+,21?/m0/s1. The third kappa shape index (κ3) is 8.48. The Morgan fingerprint density at radius 2 is 2.00 bits per heavy atom. The number of carbonyl (C=O) groups is 2. The van der Waals surface area contributed by atoms with Gasteiger partial charge >= 0.3 is 5.97 Å². The van der Waals surface area contributed by atoms with Crippen LogP contribution in [0.1, 0.15) is 90.9 Å². The molecular weight excluding hydrogens is 328 g/mol. The number of aliphatic carboxylic acids is 1. The maximum absolute atomic E-state index is 12.2. The van der Waals surface area contributed by atoms with E-state index in [9.17, 15) is 14.7 Å². The zero-order valence-corrected chi connectivity index (χ0v) is 16.7. The molecule has 0 heterocycles. The number of carboxylic acids is 1. The monoisotopic (exact) mass is 366 g/mol. The first-order valence-corrected chi connectivity index (χ1v) is 10.6. The number of unbranched alkanes of at least 4 members (excludes halogenated alkanes) is 4. The Bertz CT molecular complexity index is 443. The number of hydrogen-bond acceptors (Lipinski definition) is 3. The molecule has 26 heavy (non-hydrogen) atoms. The van der Waals surface area contributed by atoms with Gasteiger partial charge in [0.15, 0.2) is 6.10 Å². The molecule has 0 saturated heterocycles. The molecule has 1 saturated carbocycles. The molecule has 0 aliphatic heterocycles. The van der Waals surface area contributed by atoms with Gasteiger partial charge in [0.05, 0.1) is 0 Å². The fourth-order valence-electron chi connectivity index (χ4n) is 4.03. The molecule has 0 aromatic rings. The smallest absolute Gasteiger partial charge is 0.332 e. The van der Waals surface area contributed by atoms with Crippen LogP contribution >= 0.6 is 0 Å². The molecule has 150 valence electrons. The van der Waals surface area contributed by atoms with E-state index in [1.165, 1.54) is 25.7 Å². The van der Waals surface area contributed by atoms with Crippen molar-refractivity contribution >= 4 is 11.8 Å². The second kappa shape index (κ2) is 13.1. The second-order valence-electron chi connectivity index (χ2n) is 7.85. The van der Waals surface area contributed by atoms with Crippen molar-refractivity contribution in [2.45, 2.75) is 97.0 Å². The predicted molar refractivity (Wildman–Crippen MR) is 105 cm³/mol. The zero-order valence-electron chi connectivity index (χ0n) is 16.7. The molecule has 0 aromatic heterocycles. The number of aliphatic hydroxyl groups is 1. The molecule has 1 aliphatic rings. The van der Waals surface area contributed by atoms with Gasteiger partial charge in [0, 0.05) is 12.3 Å². The fraction of sp³-hybridized carbons (Fsp3) is 0.818. The Hall–Kier alpha value is -1.16. The minimum absolute atomic E-state index is 0.142. The quantitative estimate of drug-likeness (QED) is 0.330. The van der Waals surface area contributed by atoms with Gasteiger partial charge in [0.1, 0.15) is 5.78 Å². The van der Waals surface area contributed by atoms with Crippen molar-refractivity contribution in [3.05, 3.63) is 12.2 Å². The van der Waals surface area contributed by atoms with Crippen LogP contribution in [0.25, 0.3) is 0 Å². The van der Waals surface area contributed by atoms with Gasteiger partial charge in [-0.15, -0.1) is 0 Å². The molecule has 1 aliphatic carbocycles. The van der Waals surface area contributed by atoms with Gasteiger partial charge in [-0.1, -0.05) is 64.5 Å². The number of carbonyl (C=O) groups excluding carboxylic acids is 1. The summed E-state index contributed by atoms with van der Waals surface area (Å²) in [5.41, 5.74) is 0. The van der Waals surface area contributed by atoms with E-state index < -0.39 is 12.1 Å². The summed E-state index contributed by atoms with van der Waals surface area (Å²) >= 11 is 0. The van der Waals surface area contributed by atoms with Gasteiger partial charge in [0.2, 0.25) is 0 Å². The Labute approximate surface area is 159 Å². The van der Waals surface area contributed by atoms with Crippen LogP contribution in [0.15, 0.2) is 12.2 Å². The lowest BCUT2D eigenvalue weighted by Crippen LogP contribution is -2.23. The first kappa shape index (κ1) is 22.9. The number of rotatable bonds is 14. The van der Waals surface area contributed by atoms with Crippen LogP contribution in [-0.2, 0) is 9.59 Å². The second-order valence-corrected chi connectivity index (χ2v) is 7.85. The van der Waals surface area contributed by atoms with Crippen LogP contribution in [0.2, 0.25) is 0 Å². The minimum atomic E-state index is -1.27. The van der Waals surface area contributed by atoms with Gasteiger partial charge in [-0.2, -0.15) is 0 Å². The summed E-state index contributed by atoms with van der Waals surface area (Å²) in [5, 5.41) is 18.4. The summed E-state index contributed by atoms with van der Waals surface area (Å²) in [5.74, 6) is -0.00451. The number of aliphatic hydroxyl groups excluding tert-OH is 1. The lowest BCUT2D eigenvalue weighted by atomic mass is 9.86. The van der Waals surface area contributed by atoms with Gasteiger partial charge in [-0.05, 0) is 43.9 Å².